The molecule has 0 unspecified atom stereocenters. The van der Waals surface area contributed by atoms with Crippen LogP contribution in [0.1, 0.15) is 20.7 Å². The maximum Gasteiger partial charge on any atom is 0.335 e. The number of carboxylic acids is 1. The highest BCUT2D eigenvalue weighted by atomic mass is 16.4. The number of rotatable bonds is 2. The van der Waals surface area contributed by atoms with Gasteiger partial charge in [0.25, 0.3) is 0 Å². The summed E-state index contributed by atoms with van der Waals surface area (Å²) in [4.78, 5) is 21.0. The summed E-state index contributed by atoms with van der Waals surface area (Å²) < 4.78 is 0. The Kier molecular flexibility index (Phi) is 2.24. The van der Waals surface area contributed by atoms with Crippen LogP contribution in [0.25, 0.3) is 0 Å². The van der Waals surface area contributed by atoms with E-state index in [0.29, 0.717) is 5.56 Å². The summed E-state index contributed by atoms with van der Waals surface area (Å²) in [5.41, 5.74) is 0.583. The highest BCUT2D eigenvalue weighted by Gasteiger charge is 2.03. The van der Waals surface area contributed by atoms with Gasteiger partial charge in [-0.3, -0.25) is 4.79 Å². The highest BCUT2D eigenvalue weighted by Crippen LogP contribution is 2.04. The molecule has 0 atom stereocenters. The average molecular weight is 163 g/mol. The van der Waals surface area contributed by atoms with E-state index in [1.54, 1.807) is 0 Å². The van der Waals surface area contributed by atoms with E-state index in [2.05, 4.69) is 6.92 Å². The molecule has 0 aliphatic carbocycles. The third-order valence-corrected chi connectivity index (χ3v) is 1.45. The first kappa shape index (κ1) is 8.46. The Morgan fingerprint density at radius 2 is 1.50 bits per heavy atom. The van der Waals surface area contributed by atoms with Crippen molar-refractivity contribution in [2.24, 2.45) is 0 Å². The molecule has 1 radical (unpaired) electrons. The lowest BCUT2D eigenvalue weighted by atomic mass is 10.1. The number of ketones is 1. The number of hydrogen-bond donors (Lipinski definition) is 1. The zero-order valence-corrected chi connectivity index (χ0v) is 6.28. The van der Waals surface area contributed by atoms with Gasteiger partial charge in [-0.05, 0) is 12.1 Å². The van der Waals surface area contributed by atoms with Gasteiger partial charge in [-0.2, -0.15) is 0 Å². The first-order valence-electron chi connectivity index (χ1n) is 3.31. The van der Waals surface area contributed by atoms with Crippen LogP contribution in [0.5, 0.6) is 0 Å². The number of Topliss-reactive ketones (excluding diaryl/α,β-unsaturated/α-hetero) is 1. The predicted octanol–water partition coefficient (Wildman–Crippen LogP) is 1.40. The Morgan fingerprint density at radius 1 is 1.08 bits per heavy atom. The molecule has 0 fully saturated rings. The summed E-state index contributed by atoms with van der Waals surface area (Å²) >= 11 is 0. The van der Waals surface area contributed by atoms with Gasteiger partial charge in [-0.1, -0.05) is 12.1 Å². The van der Waals surface area contributed by atoms with Gasteiger partial charge < -0.3 is 5.11 Å². The summed E-state index contributed by atoms with van der Waals surface area (Å²) in [5.74, 6) is -1.31. The Morgan fingerprint density at radius 3 is 1.83 bits per heavy atom. The van der Waals surface area contributed by atoms with Crippen molar-refractivity contribution in [3.8, 4) is 0 Å². The zero-order valence-electron chi connectivity index (χ0n) is 6.28. The molecule has 0 spiro atoms. The van der Waals surface area contributed by atoms with Gasteiger partial charge in [0.2, 0.25) is 0 Å². The summed E-state index contributed by atoms with van der Waals surface area (Å²) in [6, 6.07) is 5.64. The third-order valence-electron chi connectivity index (χ3n) is 1.45. The standard InChI is InChI=1S/C9H7O3/c1-6(10)7-2-4-8(5-3-7)9(11)12/h2-5H,1H2,(H,11,12). The molecule has 3 heteroatoms. The van der Waals surface area contributed by atoms with Crippen LogP contribution in [0.15, 0.2) is 24.3 Å². The van der Waals surface area contributed by atoms with E-state index in [0.717, 1.165) is 0 Å². The Hall–Kier alpha value is -1.64. The first-order valence-corrected chi connectivity index (χ1v) is 3.31. The van der Waals surface area contributed by atoms with Crippen molar-refractivity contribution in [3.63, 3.8) is 0 Å². The van der Waals surface area contributed by atoms with Crippen LogP contribution >= 0.6 is 0 Å². The van der Waals surface area contributed by atoms with E-state index in [1.165, 1.54) is 24.3 Å². The third kappa shape index (κ3) is 1.69. The molecule has 0 aliphatic heterocycles. The van der Waals surface area contributed by atoms with Crippen molar-refractivity contribution >= 4 is 11.8 Å². The molecule has 0 saturated heterocycles. The molecule has 1 N–H and O–H groups in total. The lowest BCUT2D eigenvalue weighted by Crippen LogP contribution is -1.97. The minimum atomic E-state index is -1.00. The fourth-order valence-electron chi connectivity index (χ4n) is 0.799. The number of carboxylic acid groups (broad SMARTS) is 1. The SMILES string of the molecule is [CH2]C(=O)c1ccc(C(=O)O)cc1. The predicted molar refractivity (Wildman–Crippen MR) is 43.1 cm³/mol. The summed E-state index contributed by atoms with van der Waals surface area (Å²) in [6.45, 7) is 3.20. The lowest BCUT2D eigenvalue weighted by molar-refractivity contribution is 0.0696. The van der Waals surface area contributed by atoms with Crippen LogP contribution in [0.2, 0.25) is 0 Å². The second kappa shape index (κ2) is 3.17. The van der Waals surface area contributed by atoms with Crippen molar-refractivity contribution in [3.05, 3.63) is 42.3 Å². The maximum atomic E-state index is 10.7. The van der Waals surface area contributed by atoms with Gasteiger partial charge in [0.05, 0.1) is 5.56 Å². The first-order chi connectivity index (χ1) is 5.61. The number of benzene rings is 1. The fourth-order valence-corrected chi connectivity index (χ4v) is 0.799. The summed E-state index contributed by atoms with van der Waals surface area (Å²) in [6.07, 6.45) is 0. The molecule has 0 aromatic heterocycles. The van der Waals surface area contributed by atoms with Gasteiger partial charge >= 0.3 is 5.97 Å². The van der Waals surface area contributed by atoms with E-state index in [4.69, 9.17) is 5.11 Å². The molecule has 0 heterocycles. The molecule has 12 heavy (non-hydrogen) atoms. The largest absolute Gasteiger partial charge is 0.478 e. The van der Waals surface area contributed by atoms with Crippen LogP contribution in [-0.2, 0) is 0 Å². The number of carbonyl (C=O) groups excluding carboxylic acids is 1. The van der Waals surface area contributed by atoms with Gasteiger partial charge in [-0.25, -0.2) is 4.79 Å². The average Bonchev–Trinajstić information content (AvgIpc) is 2.04. The Bertz CT molecular complexity index is 278. The Labute approximate surface area is 69.6 Å². The van der Waals surface area contributed by atoms with Crippen molar-refractivity contribution in [2.75, 3.05) is 0 Å². The molecule has 1 aromatic carbocycles. The van der Waals surface area contributed by atoms with Crippen molar-refractivity contribution in [1.29, 1.82) is 0 Å². The molecule has 1 rings (SSSR count). The molecule has 3 nitrogen and oxygen atoms in total. The topological polar surface area (TPSA) is 54.4 Å². The molecule has 1 aromatic rings. The molecule has 0 bridgehead atoms. The minimum absolute atomic E-state index is 0.167. The van der Waals surface area contributed by atoms with E-state index in [1.807, 2.05) is 0 Å². The smallest absolute Gasteiger partial charge is 0.335 e. The minimum Gasteiger partial charge on any atom is -0.478 e. The second-order valence-electron chi connectivity index (χ2n) is 2.31. The van der Waals surface area contributed by atoms with E-state index >= 15 is 0 Å². The van der Waals surface area contributed by atoms with Crippen molar-refractivity contribution < 1.29 is 14.7 Å². The van der Waals surface area contributed by atoms with Gasteiger partial charge in [-0.15, -0.1) is 0 Å². The number of hydrogen-bond acceptors (Lipinski definition) is 2. The second-order valence-corrected chi connectivity index (χ2v) is 2.31. The van der Waals surface area contributed by atoms with Gasteiger partial charge in [0.15, 0.2) is 5.78 Å². The van der Waals surface area contributed by atoms with Crippen LogP contribution in [0, 0.1) is 6.92 Å². The monoisotopic (exact) mass is 163 g/mol. The molecular formula is C9H7O3. The normalized spacial score (nSPS) is 9.42. The molecule has 0 aliphatic rings. The number of aromatic carboxylic acids is 1. The number of carbonyl (C=O) groups is 2. The van der Waals surface area contributed by atoms with Crippen LogP contribution in [0.3, 0.4) is 0 Å². The Balaban J connectivity index is 3.01. The van der Waals surface area contributed by atoms with Gasteiger partial charge in [0.1, 0.15) is 0 Å². The molecule has 0 saturated carbocycles. The van der Waals surface area contributed by atoms with Crippen molar-refractivity contribution in [2.45, 2.75) is 0 Å². The summed E-state index contributed by atoms with van der Waals surface area (Å²) in [5, 5.41) is 8.51. The molecular weight excluding hydrogens is 156 g/mol. The van der Waals surface area contributed by atoms with Crippen LogP contribution in [0.4, 0.5) is 0 Å². The molecule has 61 valence electrons. The fraction of sp³-hybridized carbons (Fsp3) is 0. The van der Waals surface area contributed by atoms with E-state index in [9.17, 15) is 9.59 Å². The van der Waals surface area contributed by atoms with E-state index in [-0.39, 0.29) is 11.3 Å². The maximum absolute atomic E-state index is 10.7. The van der Waals surface area contributed by atoms with Crippen LogP contribution < -0.4 is 0 Å². The van der Waals surface area contributed by atoms with Crippen molar-refractivity contribution in [1.82, 2.24) is 0 Å². The quantitative estimate of drug-likeness (QED) is 0.670. The van der Waals surface area contributed by atoms with E-state index < -0.39 is 5.97 Å². The van der Waals surface area contributed by atoms with Crippen LogP contribution in [-0.4, -0.2) is 16.9 Å². The highest BCUT2D eigenvalue weighted by molar-refractivity contribution is 6.00. The van der Waals surface area contributed by atoms with Gasteiger partial charge in [0, 0.05) is 12.5 Å². The zero-order chi connectivity index (χ0) is 9.14. The molecule has 0 amide bonds. The lowest BCUT2D eigenvalue weighted by Gasteiger charge is -1.95. The summed E-state index contributed by atoms with van der Waals surface area (Å²) in [7, 11) is 0.